The molecule has 2 aromatic heterocycles. The zero-order chi connectivity index (χ0) is 20.1. The van der Waals surface area contributed by atoms with Gasteiger partial charge in [-0.1, -0.05) is 17.4 Å². The van der Waals surface area contributed by atoms with E-state index in [9.17, 15) is 0 Å². The number of ether oxygens (including phenoxy) is 1. The molecule has 1 fully saturated rings. The minimum atomic E-state index is 0.574. The van der Waals surface area contributed by atoms with Crippen molar-refractivity contribution in [2.45, 2.75) is 13.8 Å². The fourth-order valence-electron chi connectivity index (χ4n) is 3.35. The van der Waals surface area contributed by atoms with E-state index in [1.54, 1.807) is 17.5 Å². The van der Waals surface area contributed by atoms with Crippen LogP contribution in [0.25, 0.3) is 10.7 Å². The third-order valence-corrected chi connectivity index (χ3v) is 5.67. The molecule has 1 aliphatic rings. The number of aryl methyl sites for hydroxylation is 2. The smallest absolute Gasteiger partial charge is 0.227 e. The number of morpholine rings is 1. The standard InChI is InChI=1S/C21H26N6OS/c1-15-11-16(2)13-17(12-15)25-21-23-4-3-18(26-21)20-24-14-19(29-20)22-5-6-27-7-9-28-10-8-27/h3-4,11-14,22H,5-10H2,1-2H3,(H,23,25,26). The first-order valence-electron chi connectivity index (χ1n) is 9.84. The van der Waals surface area contributed by atoms with Gasteiger partial charge in [-0.2, -0.15) is 0 Å². The van der Waals surface area contributed by atoms with Crippen molar-refractivity contribution in [2.75, 3.05) is 50.0 Å². The molecule has 0 bridgehead atoms. The van der Waals surface area contributed by atoms with Crippen molar-refractivity contribution in [2.24, 2.45) is 0 Å². The normalized spacial score (nSPS) is 14.7. The summed E-state index contributed by atoms with van der Waals surface area (Å²) in [6.07, 6.45) is 3.64. The Hall–Kier alpha value is -2.55. The van der Waals surface area contributed by atoms with E-state index in [2.05, 4.69) is 62.5 Å². The van der Waals surface area contributed by atoms with Gasteiger partial charge in [0, 0.05) is 38.1 Å². The molecular weight excluding hydrogens is 384 g/mol. The molecule has 1 saturated heterocycles. The van der Waals surface area contributed by atoms with Crippen LogP contribution in [0.2, 0.25) is 0 Å². The van der Waals surface area contributed by atoms with Crippen LogP contribution in [0, 0.1) is 13.8 Å². The second kappa shape index (κ2) is 9.30. The average Bonchev–Trinajstić information content (AvgIpc) is 3.17. The van der Waals surface area contributed by atoms with Crippen molar-refractivity contribution in [3.05, 3.63) is 47.8 Å². The van der Waals surface area contributed by atoms with Gasteiger partial charge in [0.25, 0.3) is 0 Å². The van der Waals surface area contributed by atoms with Gasteiger partial charge in [0.05, 0.1) is 19.4 Å². The van der Waals surface area contributed by atoms with Gasteiger partial charge in [0.2, 0.25) is 5.95 Å². The summed E-state index contributed by atoms with van der Waals surface area (Å²) < 4.78 is 5.39. The first-order valence-corrected chi connectivity index (χ1v) is 10.7. The zero-order valence-corrected chi connectivity index (χ0v) is 17.6. The lowest BCUT2D eigenvalue weighted by Gasteiger charge is -2.26. The molecule has 1 aromatic carbocycles. The van der Waals surface area contributed by atoms with Gasteiger partial charge in [0.1, 0.15) is 15.7 Å². The summed E-state index contributed by atoms with van der Waals surface area (Å²) in [5.41, 5.74) is 4.22. The van der Waals surface area contributed by atoms with Crippen LogP contribution < -0.4 is 10.6 Å². The molecule has 3 aromatic rings. The predicted molar refractivity (Wildman–Crippen MR) is 118 cm³/mol. The molecular formula is C21H26N6OS. The molecule has 3 heterocycles. The van der Waals surface area contributed by atoms with Crippen molar-refractivity contribution in [3.63, 3.8) is 0 Å². The van der Waals surface area contributed by atoms with Crippen LogP contribution in [-0.4, -0.2) is 59.2 Å². The van der Waals surface area contributed by atoms with Gasteiger partial charge < -0.3 is 15.4 Å². The minimum absolute atomic E-state index is 0.574. The number of rotatable bonds is 7. The second-order valence-electron chi connectivity index (χ2n) is 7.18. The maximum atomic E-state index is 5.39. The first-order chi connectivity index (χ1) is 14.2. The number of anilines is 3. The highest BCUT2D eigenvalue weighted by Crippen LogP contribution is 2.28. The Morgan fingerprint density at radius 1 is 1.10 bits per heavy atom. The third kappa shape index (κ3) is 5.50. The van der Waals surface area contributed by atoms with Crippen molar-refractivity contribution < 1.29 is 4.74 Å². The van der Waals surface area contributed by atoms with E-state index < -0.39 is 0 Å². The molecule has 29 heavy (non-hydrogen) atoms. The summed E-state index contributed by atoms with van der Waals surface area (Å²) >= 11 is 1.61. The Labute approximate surface area is 175 Å². The number of aromatic nitrogens is 3. The van der Waals surface area contributed by atoms with Crippen molar-refractivity contribution in [1.82, 2.24) is 19.9 Å². The molecule has 8 heteroatoms. The third-order valence-electron chi connectivity index (χ3n) is 4.69. The van der Waals surface area contributed by atoms with E-state index in [1.165, 1.54) is 11.1 Å². The van der Waals surface area contributed by atoms with Crippen molar-refractivity contribution in [1.29, 1.82) is 0 Å². The molecule has 0 saturated carbocycles. The zero-order valence-electron chi connectivity index (χ0n) is 16.8. The molecule has 1 aliphatic heterocycles. The van der Waals surface area contributed by atoms with Gasteiger partial charge in [0.15, 0.2) is 0 Å². The average molecular weight is 411 g/mol. The molecule has 152 valence electrons. The summed E-state index contributed by atoms with van der Waals surface area (Å²) in [4.78, 5) is 15.9. The van der Waals surface area contributed by atoms with Gasteiger partial charge in [-0.3, -0.25) is 4.90 Å². The topological polar surface area (TPSA) is 75.2 Å². The van der Waals surface area contributed by atoms with Crippen LogP contribution in [0.5, 0.6) is 0 Å². The fourth-order valence-corrected chi connectivity index (χ4v) is 4.16. The van der Waals surface area contributed by atoms with Crippen LogP contribution in [0.3, 0.4) is 0 Å². The van der Waals surface area contributed by atoms with Crippen LogP contribution >= 0.6 is 11.3 Å². The molecule has 0 atom stereocenters. The van der Waals surface area contributed by atoms with Gasteiger partial charge >= 0.3 is 0 Å². The molecule has 0 spiro atoms. The second-order valence-corrected chi connectivity index (χ2v) is 8.21. The van der Waals surface area contributed by atoms with Crippen LogP contribution in [-0.2, 0) is 4.74 Å². The number of nitrogens with zero attached hydrogens (tertiary/aromatic N) is 4. The number of nitrogens with one attached hydrogen (secondary N) is 2. The number of hydrogen-bond acceptors (Lipinski definition) is 8. The van der Waals surface area contributed by atoms with E-state index in [0.29, 0.717) is 5.95 Å². The monoisotopic (exact) mass is 410 g/mol. The number of hydrogen-bond donors (Lipinski definition) is 2. The molecule has 7 nitrogen and oxygen atoms in total. The SMILES string of the molecule is Cc1cc(C)cc(Nc2nccc(-c3ncc(NCCN4CCOCC4)s3)n2)c1. The molecule has 0 unspecified atom stereocenters. The molecule has 4 rings (SSSR count). The Kier molecular flexibility index (Phi) is 6.33. The lowest BCUT2D eigenvalue weighted by molar-refractivity contribution is 0.0398. The number of benzene rings is 1. The summed E-state index contributed by atoms with van der Waals surface area (Å²) in [6.45, 7) is 9.74. The van der Waals surface area contributed by atoms with E-state index in [-0.39, 0.29) is 0 Å². The van der Waals surface area contributed by atoms with Crippen molar-refractivity contribution in [3.8, 4) is 10.7 Å². The lowest BCUT2D eigenvalue weighted by Crippen LogP contribution is -2.38. The van der Waals surface area contributed by atoms with E-state index in [1.807, 2.05) is 12.3 Å². The number of thiazole rings is 1. The summed E-state index contributed by atoms with van der Waals surface area (Å²) in [6, 6.07) is 8.21. The molecule has 2 N–H and O–H groups in total. The van der Waals surface area contributed by atoms with Crippen LogP contribution in [0.15, 0.2) is 36.7 Å². The Morgan fingerprint density at radius 2 is 1.90 bits per heavy atom. The van der Waals surface area contributed by atoms with Crippen LogP contribution in [0.4, 0.5) is 16.6 Å². The summed E-state index contributed by atoms with van der Waals surface area (Å²) in [5, 5.41) is 8.69. The summed E-state index contributed by atoms with van der Waals surface area (Å²) in [5.74, 6) is 0.574. The molecule has 0 aliphatic carbocycles. The molecule has 0 amide bonds. The Bertz CT molecular complexity index is 934. The Morgan fingerprint density at radius 3 is 2.69 bits per heavy atom. The highest BCUT2D eigenvalue weighted by Gasteiger charge is 2.11. The Balaban J connectivity index is 1.38. The highest BCUT2D eigenvalue weighted by atomic mass is 32.1. The van der Waals surface area contributed by atoms with Gasteiger partial charge in [-0.05, 0) is 43.2 Å². The largest absolute Gasteiger partial charge is 0.379 e. The summed E-state index contributed by atoms with van der Waals surface area (Å²) in [7, 11) is 0. The van der Waals surface area contributed by atoms with E-state index in [0.717, 1.165) is 60.8 Å². The fraction of sp³-hybridized carbons (Fsp3) is 0.381. The maximum Gasteiger partial charge on any atom is 0.227 e. The predicted octanol–water partition coefficient (Wildman–Crippen LogP) is 3.70. The van der Waals surface area contributed by atoms with Crippen LogP contribution in [0.1, 0.15) is 11.1 Å². The first kappa shape index (κ1) is 19.8. The van der Waals surface area contributed by atoms with Gasteiger partial charge in [-0.15, -0.1) is 0 Å². The van der Waals surface area contributed by atoms with Crippen molar-refractivity contribution >= 4 is 28.0 Å². The quantitative estimate of drug-likeness (QED) is 0.615. The highest BCUT2D eigenvalue weighted by molar-refractivity contribution is 7.18. The van der Waals surface area contributed by atoms with Gasteiger partial charge in [-0.25, -0.2) is 15.0 Å². The maximum absolute atomic E-state index is 5.39. The van der Waals surface area contributed by atoms with E-state index in [4.69, 9.17) is 4.74 Å². The lowest BCUT2D eigenvalue weighted by atomic mass is 10.1. The minimum Gasteiger partial charge on any atom is -0.379 e. The van der Waals surface area contributed by atoms with E-state index >= 15 is 0 Å². The molecule has 0 radical (unpaired) electrons.